The molecule has 7 heteroatoms. The van der Waals surface area contributed by atoms with Crippen LogP contribution >= 0.6 is 0 Å². The number of nitrogens with zero attached hydrogens (tertiary/aromatic N) is 3. The standard InChI is InChI=1S/C23H23FN4O2/c1-30-21-9-7-20(8-10-21)27-22(29)17-5-3-11-28(15-17)23-25-13-18(14-26-23)16-4-2-6-19(24)12-16/h2,4,6-10,12-14,17H,3,5,11,15H2,1H3,(H,27,29)/t17-/m0/s1. The number of hydrogen-bond donors (Lipinski definition) is 1. The predicted octanol–water partition coefficient (Wildman–Crippen LogP) is 4.15. The average molecular weight is 406 g/mol. The topological polar surface area (TPSA) is 67.3 Å². The molecule has 1 N–H and O–H groups in total. The summed E-state index contributed by atoms with van der Waals surface area (Å²) in [6.45, 7) is 1.35. The molecule has 154 valence electrons. The highest BCUT2D eigenvalue weighted by molar-refractivity contribution is 5.93. The molecule has 0 radical (unpaired) electrons. The maximum absolute atomic E-state index is 13.4. The van der Waals surface area contributed by atoms with Crippen molar-refractivity contribution in [2.75, 3.05) is 30.4 Å². The third-order valence-corrected chi connectivity index (χ3v) is 5.23. The second kappa shape index (κ2) is 8.90. The van der Waals surface area contributed by atoms with Gasteiger partial charge in [-0.2, -0.15) is 0 Å². The van der Waals surface area contributed by atoms with Crippen LogP contribution in [0.25, 0.3) is 11.1 Å². The summed E-state index contributed by atoms with van der Waals surface area (Å²) in [5.74, 6) is 0.875. The van der Waals surface area contributed by atoms with Gasteiger partial charge in [-0.15, -0.1) is 0 Å². The molecule has 3 aromatic rings. The number of amides is 1. The number of benzene rings is 2. The summed E-state index contributed by atoms with van der Waals surface area (Å²) in [5.41, 5.74) is 2.23. The van der Waals surface area contributed by atoms with E-state index in [0.717, 1.165) is 42.0 Å². The summed E-state index contributed by atoms with van der Waals surface area (Å²) in [5, 5.41) is 2.97. The number of hydrogen-bond acceptors (Lipinski definition) is 5. The lowest BCUT2D eigenvalue weighted by Crippen LogP contribution is -2.41. The lowest BCUT2D eigenvalue weighted by molar-refractivity contribution is -0.120. The average Bonchev–Trinajstić information content (AvgIpc) is 2.80. The number of rotatable bonds is 5. The van der Waals surface area contributed by atoms with Crippen molar-refractivity contribution in [2.45, 2.75) is 12.8 Å². The minimum absolute atomic E-state index is 0.0127. The van der Waals surface area contributed by atoms with Crippen LogP contribution in [0.4, 0.5) is 16.0 Å². The lowest BCUT2D eigenvalue weighted by atomic mass is 9.97. The highest BCUT2D eigenvalue weighted by Gasteiger charge is 2.27. The monoisotopic (exact) mass is 406 g/mol. The molecule has 30 heavy (non-hydrogen) atoms. The molecule has 2 aromatic carbocycles. The fourth-order valence-electron chi connectivity index (χ4n) is 3.59. The van der Waals surface area contributed by atoms with Gasteiger partial charge in [0.2, 0.25) is 11.9 Å². The van der Waals surface area contributed by atoms with Crippen molar-refractivity contribution < 1.29 is 13.9 Å². The molecule has 0 bridgehead atoms. The Morgan fingerprint density at radius 3 is 2.60 bits per heavy atom. The molecule has 1 atom stereocenters. The van der Waals surface area contributed by atoms with Gasteiger partial charge in [-0.05, 0) is 54.8 Å². The van der Waals surface area contributed by atoms with Gasteiger partial charge in [0.25, 0.3) is 0 Å². The number of ether oxygens (including phenoxy) is 1. The highest BCUT2D eigenvalue weighted by Crippen LogP contribution is 2.24. The van der Waals surface area contributed by atoms with Crippen LogP contribution in [-0.2, 0) is 4.79 Å². The quantitative estimate of drug-likeness (QED) is 0.690. The van der Waals surface area contributed by atoms with E-state index in [0.29, 0.717) is 12.5 Å². The van der Waals surface area contributed by atoms with Gasteiger partial charge in [-0.25, -0.2) is 14.4 Å². The SMILES string of the molecule is COc1ccc(NC(=O)[C@H]2CCCN(c3ncc(-c4cccc(F)c4)cn3)C2)cc1. The zero-order valence-corrected chi connectivity index (χ0v) is 16.7. The predicted molar refractivity (Wildman–Crippen MR) is 114 cm³/mol. The van der Waals surface area contributed by atoms with Crippen LogP contribution in [0.2, 0.25) is 0 Å². The summed E-state index contributed by atoms with van der Waals surface area (Å²) in [4.78, 5) is 23.7. The van der Waals surface area contributed by atoms with Crippen molar-refractivity contribution in [3.63, 3.8) is 0 Å². The maximum atomic E-state index is 13.4. The Bertz CT molecular complexity index is 1010. The Morgan fingerprint density at radius 2 is 1.90 bits per heavy atom. The second-order valence-corrected chi connectivity index (χ2v) is 7.29. The van der Waals surface area contributed by atoms with Crippen molar-refractivity contribution in [1.82, 2.24) is 9.97 Å². The molecular formula is C23H23FN4O2. The van der Waals surface area contributed by atoms with Crippen LogP contribution in [0.3, 0.4) is 0 Å². The van der Waals surface area contributed by atoms with Gasteiger partial charge in [-0.3, -0.25) is 4.79 Å². The van der Waals surface area contributed by atoms with Gasteiger partial charge in [0.05, 0.1) is 13.0 Å². The van der Waals surface area contributed by atoms with Crippen molar-refractivity contribution in [3.05, 3.63) is 66.7 Å². The fraction of sp³-hybridized carbons (Fsp3) is 0.261. The van der Waals surface area contributed by atoms with E-state index >= 15 is 0 Å². The number of methoxy groups -OCH3 is 1. The normalized spacial score (nSPS) is 16.2. The van der Waals surface area contributed by atoms with E-state index < -0.39 is 0 Å². The Balaban J connectivity index is 1.41. The molecule has 0 unspecified atom stereocenters. The second-order valence-electron chi connectivity index (χ2n) is 7.29. The highest BCUT2D eigenvalue weighted by atomic mass is 19.1. The molecule has 0 saturated carbocycles. The van der Waals surface area contributed by atoms with Crippen LogP contribution < -0.4 is 15.0 Å². The van der Waals surface area contributed by atoms with Gasteiger partial charge in [0.15, 0.2) is 0 Å². The molecular weight excluding hydrogens is 383 g/mol. The smallest absolute Gasteiger partial charge is 0.229 e. The number of aromatic nitrogens is 2. The van der Waals surface area contributed by atoms with Crippen LogP contribution in [0, 0.1) is 11.7 Å². The third kappa shape index (κ3) is 4.56. The molecule has 2 heterocycles. The minimum atomic E-state index is -0.293. The molecule has 0 aliphatic carbocycles. The Labute approximate surface area is 174 Å². The molecule has 1 aliphatic rings. The molecule has 1 amide bonds. The van der Waals surface area contributed by atoms with Crippen molar-refractivity contribution >= 4 is 17.5 Å². The van der Waals surface area contributed by atoms with E-state index in [9.17, 15) is 9.18 Å². The number of carbonyl (C=O) groups is 1. The first-order chi connectivity index (χ1) is 14.6. The first kappa shape index (κ1) is 19.8. The molecule has 0 spiro atoms. The van der Waals surface area contributed by atoms with E-state index in [1.165, 1.54) is 12.1 Å². The molecule has 1 fully saturated rings. The Kier molecular flexibility index (Phi) is 5.88. The van der Waals surface area contributed by atoms with Gasteiger partial charge >= 0.3 is 0 Å². The van der Waals surface area contributed by atoms with E-state index in [4.69, 9.17) is 4.74 Å². The van der Waals surface area contributed by atoms with Gasteiger partial charge in [0.1, 0.15) is 11.6 Å². The minimum Gasteiger partial charge on any atom is -0.497 e. The first-order valence-corrected chi connectivity index (χ1v) is 9.90. The van der Waals surface area contributed by atoms with Crippen molar-refractivity contribution in [3.8, 4) is 16.9 Å². The number of halogens is 1. The lowest BCUT2D eigenvalue weighted by Gasteiger charge is -2.32. The summed E-state index contributed by atoms with van der Waals surface area (Å²) in [6, 6.07) is 13.6. The summed E-state index contributed by atoms with van der Waals surface area (Å²) in [6.07, 6.45) is 5.09. The van der Waals surface area contributed by atoms with E-state index in [2.05, 4.69) is 15.3 Å². The Morgan fingerprint density at radius 1 is 1.13 bits per heavy atom. The Hall–Kier alpha value is -3.48. The van der Waals surface area contributed by atoms with Gasteiger partial charge in [-0.1, -0.05) is 12.1 Å². The van der Waals surface area contributed by atoms with E-state index in [-0.39, 0.29) is 17.6 Å². The van der Waals surface area contributed by atoms with Gasteiger partial charge < -0.3 is 15.0 Å². The molecule has 4 rings (SSSR count). The van der Waals surface area contributed by atoms with E-state index in [1.807, 2.05) is 35.2 Å². The van der Waals surface area contributed by atoms with Crippen LogP contribution in [-0.4, -0.2) is 36.1 Å². The van der Waals surface area contributed by atoms with Crippen molar-refractivity contribution in [1.29, 1.82) is 0 Å². The summed E-state index contributed by atoms with van der Waals surface area (Å²) >= 11 is 0. The summed E-state index contributed by atoms with van der Waals surface area (Å²) < 4.78 is 18.6. The van der Waals surface area contributed by atoms with E-state index in [1.54, 1.807) is 25.6 Å². The fourth-order valence-corrected chi connectivity index (χ4v) is 3.59. The van der Waals surface area contributed by atoms with Crippen LogP contribution in [0.5, 0.6) is 5.75 Å². The molecule has 6 nitrogen and oxygen atoms in total. The number of anilines is 2. The van der Waals surface area contributed by atoms with Crippen LogP contribution in [0.1, 0.15) is 12.8 Å². The zero-order valence-electron chi connectivity index (χ0n) is 16.7. The molecule has 1 saturated heterocycles. The molecule has 1 aromatic heterocycles. The number of piperidine rings is 1. The summed E-state index contributed by atoms with van der Waals surface area (Å²) in [7, 11) is 1.61. The number of carbonyl (C=O) groups excluding carboxylic acids is 1. The molecule has 1 aliphatic heterocycles. The third-order valence-electron chi connectivity index (χ3n) is 5.23. The van der Waals surface area contributed by atoms with Crippen LogP contribution in [0.15, 0.2) is 60.9 Å². The number of nitrogens with one attached hydrogen (secondary N) is 1. The van der Waals surface area contributed by atoms with Crippen molar-refractivity contribution in [2.24, 2.45) is 5.92 Å². The van der Waals surface area contributed by atoms with Gasteiger partial charge in [0, 0.05) is 36.7 Å². The zero-order chi connectivity index (χ0) is 20.9. The maximum Gasteiger partial charge on any atom is 0.229 e. The first-order valence-electron chi connectivity index (χ1n) is 9.90. The largest absolute Gasteiger partial charge is 0.497 e.